The molecule has 1 N–H and O–H groups in total. The SMILES string of the molecule is CC1(C)c2ccccc2-c2cc3c(cc21)Cc1ccccc1C31c2ccsc2-c2sccc21.CC1(C)c2ccccc2-c2ccc(Cc3ccccc3Br)cc21.CS(=O)(=O)O.O=C1c2ccsc2-c2sccc21. The average Bonchev–Trinajstić information content (AvgIpc) is 4.28. The standard InChI is InChI=1S/C31H22S2.C22H19Br.C9H4OS2.CH4O3S/c1-30(2)23-10-6-4-8-20(23)21-17-26-19(16-27(21)30)15-18-7-3-5-9-22(18)31(26)24-11-13-32-28(24)29-25(31)12-14-33-29;1-22(2)19-9-5-4-8-17(19)18-12-11-15(14-20(18)22)13-16-7-3-6-10-21(16)23;10-7-5-1-3-11-8(5)9-6(7)2-4-12-9;1-5(2,3)4/h3-14,16-17H,15H2,1-2H3;3-12,14H,13H2,1-2H3;1-4H;1H3,(H,2,3,4). The first-order chi connectivity index (χ1) is 35.1. The summed E-state index contributed by atoms with van der Waals surface area (Å²) >= 11 is 10.8. The zero-order chi connectivity index (χ0) is 50.6. The zero-order valence-electron chi connectivity index (χ0n) is 40.7. The number of rotatable bonds is 2. The molecule has 10 heteroatoms. The number of thiophene rings is 4. The van der Waals surface area contributed by atoms with Crippen molar-refractivity contribution in [2.45, 2.75) is 56.8 Å². The zero-order valence-corrected chi connectivity index (χ0v) is 46.4. The lowest BCUT2D eigenvalue weighted by molar-refractivity contribution is 0.104. The van der Waals surface area contributed by atoms with E-state index in [4.69, 9.17) is 4.55 Å². The average molecular weight is 1110 g/mol. The van der Waals surface area contributed by atoms with E-state index in [0.717, 1.165) is 33.7 Å². The van der Waals surface area contributed by atoms with Gasteiger partial charge >= 0.3 is 0 Å². The van der Waals surface area contributed by atoms with Crippen LogP contribution in [0.15, 0.2) is 178 Å². The minimum atomic E-state index is -3.67. The van der Waals surface area contributed by atoms with Crippen LogP contribution < -0.4 is 0 Å². The van der Waals surface area contributed by atoms with Gasteiger partial charge in [0.1, 0.15) is 0 Å². The highest BCUT2D eigenvalue weighted by Crippen LogP contribution is 2.63. The first kappa shape index (κ1) is 48.1. The van der Waals surface area contributed by atoms with E-state index in [0.29, 0.717) is 6.26 Å². The Kier molecular flexibility index (Phi) is 11.8. The van der Waals surface area contributed by atoms with Crippen molar-refractivity contribution in [1.82, 2.24) is 0 Å². The van der Waals surface area contributed by atoms with Crippen molar-refractivity contribution in [1.29, 1.82) is 0 Å². The van der Waals surface area contributed by atoms with Gasteiger partial charge in [0, 0.05) is 36.2 Å². The predicted molar refractivity (Wildman–Crippen MR) is 309 cm³/mol. The summed E-state index contributed by atoms with van der Waals surface area (Å²) in [5.41, 5.74) is 24.7. The van der Waals surface area contributed by atoms with Gasteiger partial charge in [-0.25, -0.2) is 0 Å². The molecule has 0 saturated heterocycles. The van der Waals surface area contributed by atoms with E-state index in [2.05, 4.69) is 194 Å². The summed E-state index contributed by atoms with van der Waals surface area (Å²) in [4.78, 5) is 16.9. The molecule has 6 aromatic carbocycles. The van der Waals surface area contributed by atoms with Crippen LogP contribution in [0.4, 0.5) is 0 Å². The summed E-state index contributed by atoms with van der Waals surface area (Å²) in [5.74, 6) is 0.197. The maximum atomic E-state index is 11.6. The third kappa shape index (κ3) is 7.78. The van der Waals surface area contributed by atoms with Gasteiger partial charge in [-0.1, -0.05) is 159 Å². The lowest BCUT2D eigenvalue weighted by Gasteiger charge is -2.40. The molecule has 0 atom stereocenters. The van der Waals surface area contributed by atoms with Gasteiger partial charge in [-0.3, -0.25) is 9.35 Å². The third-order valence-corrected chi connectivity index (χ3v) is 20.1. The summed E-state index contributed by atoms with van der Waals surface area (Å²) in [7, 11) is -3.67. The lowest BCUT2D eigenvalue weighted by Crippen LogP contribution is -2.34. The van der Waals surface area contributed by atoms with Crippen molar-refractivity contribution < 1.29 is 17.8 Å². The van der Waals surface area contributed by atoms with Crippen LogP contribution in [0, 0.1) is 0 Å². The fourth-order valence-corrected chi connectivity index (χ4v) is 16.7. The number of hydrogen-bond donors (Lipinski definition) is 1. The molecule has 5 aliphatic rings. The van der Waals surface area contributed by atoms with Crippen molar-refractivity contribution >= 4 is 77.2 Å². The van der Waals surface area contributed by atoms with E-state index in [1.54, 1.807) is 22.7 Å². The van der Waals surface area contributed by atoms with Crippen LogP contribution in [0.2, 0.25) is 0 Å². The molecule has 15 rings (SSSR count). The predicted octanol–water partition coefficient (Wildman–Crippen LogP) is 17.3. The third-order valence-electron chi connectivity index (χ3n) is 15.4. The van der Waals surface area contributed by atoms with Crippen molar-refractivity contribution in [3.63, 3.8) is 0 Å². The Bertz CT molecular complexity index is 3880. The second-order valence-corrected chi connectivity index (χ2v) is 26.3. The molecular formula is C63H49BrO4S5. The second kappa shape index (κ2) is 17.9. The van der Waals surface area contributed by atoms with Crippen LogP contribution in [0.1, 0.15) is 110 Å². The highest BCUT2D eigenvalue weighted by Gasteiger charge is 2.52. The van der Waals surface area contributed by atoms with Crippen molar-refractivity contribution in [3.8, 4) is 41.8 Å². The fraction of sp³-hybridized carbons (Fsp3) is 0.159. The van der Waals surface area contributed by atoms with E-state index in [9.17, 15) is 13.2 Å². The van der Waals surface area contributed by atoms with E-state index in [-0.39, 0.29) is 22.0 Å². The molecule has 0 saturated carbocycles. The number of carbonyl (C=O) groups is 1. The highest BCUT2D eigenvalue weighted by atomic mass is 79.9. The van der Waals surface area contributed by atoms with E-state index in [1.165, 1.54) is 103 Å². The van der Waals surface area contributed by atoms with Crippen LogP contribution in [-0.4, -0.2) is 25.0 Å². The molecule has 362 valence electrons. The minimum Gasteiger partial charge on any atom is -0.289 e. The Balaban J connectivity index is 0.000000117. The molecular weight excluding hydrogens is 1060 g/mol. The van der Waals surface area contributed by atoms with Crippen molar-refractivity contribution in [3.05, 3.63) is 256 Å². The smallest absolute Gasteiger partial charge is 0.261 e. The quantitative estimate of drug-likeness (QED) is 0.175. The van der Waals surface area contributed by atoms with E-state index >= 15 is 0 Å². The topological polar surface area (TPSA) is 71.4 Å². The van der Waals surface area contributed by atoms with Crippen LogP contribution in [-0.2, 0) is 39.2 Å². The second-order valence-electron chi connectivity index (χ2n) is 20.3. The van der Waals surface area contributed by atoms with Crippen LogP contribution in [0.25, 0.3) is 41.8 Å². The first-order valence-corrected chi connectivity index (χ1v) is 30.3. The van der Waals surface area contributed by atoms with Gasteiger partial charge in [0.05, 0.1) is 21.4 Å². The van der Waals surface area contributed by atoms with Gasteiger partial charge in [0.2, 0.25) is 0 Å². The fourth-order valence-electron chi connectivity index (χ4n) is 12.2. The van der Waals surface area contributed by atoms with Crippen molar-refractivity contribution in [2.75, 3.05) is 6.26 Å². The highest BCUT2D eigenvalue weighted by molar-refractivity contribution is 9.10. The maximum Gasteiger partial charge on any atom is 0.261 e. The van der Waals surface area contributed by atoms with Gasteiger partial charge in [-0.05, 0) is 160 Å². The number of carbonyl (C=O) groups excluding carboxylic acids is 1. The monoisotopic (exact) mass is 1110 g/mol. The van der Waals surface area contributed by atoms with Gasteiger partial charge in [0.25, 0.3) is 10.1 Å². The van der Waals surface area contributed by atoms with Crippen LogP contribution >= 0.6 is 61.3 Å². The number of fused-ring (bicyclic) bond motifs is 18. The molecule has 4 aromatic heterocycles. The summed E-state index contributed by atoms with van der Waals surface area (Å²) in [6.45, 7) is 9.44. The normalized spacial score (nSPS) is 15.2. The first-order valence-electron chi connectivity index (χ1n) is 24.2. The molecule has 0 amide bonds. The molecule has 0 bridgehead atoms. The Labute approximate surface area is 451 Å². The number of halogens is 1. The van der Waals surface area contributed by atoms with Crippen LogP contribution in [0.5, 0.6) is 0 Å². The Morgan fingerprint density at radius 1 is 0.479 bits per heavy atom. The summed E-state index contributed by atoms with van der Waals surface area (Å²) in [6.07, 6.45) is 2.68. The molecule has 4 heterocycles. The van der Waals surface area contributed by atoms with Crippen LogP contribution in [0.3, 0.4) is 0 Å². The molecule has 0 aliphatic heterocycles. The molecule has 73 heavy (non-hydrogen) atoms. The number of ketones is 1. The van der Waals surface area contributed by atoms with Gasteiger partial charge in [0.15, 0.2) is 5.78 Å². The molecule has 10 aromatic rings. The van der Waals surface area contributed by atoms with Gasteiger partial charge in [-0.2, -0.15) is 8.42 Å². The summed E-state index contributed by atoms with van der Waals surface area (Å²) < 4.78 is 27.1. The molecule has 0 radical (unpaired) electrons. The molecule has 0 fully saturated rings. The van der Waals surface area contributed by atoms with E-state index in [1.807, 2.05) is 45.6 Å². The minimum absolute atomic E-state index is 0.0296. The van der Waals surface area contributed by atoms with Gasteiger partial charge in [-0.15, -0.1) is 45.3 Å². The lowest BCUT2D eigenvalue weighted by atomic mass is 9.61. The number of benzene rings is 6. The summed E-state index contributed by atoms with van der Waals surface area (Å²) in [5, 5.41) is 8.53. The molecule has 5 aliphatic carbocycles. The number of hydrogen-bond acceptors (Lipinski definition) is 7. The van der Waals surface area contributed by atoms with Crippen molar-refractivity contribution in [2.24, 2.45) is 0 Å². The molecule has 1 spiro atoms. The maximum absolute atomic E-state index is 11.6. The Morgan fingerprint density at radius 2 is 0.959 bits per heavy atom. The summed E-state index contributed by atoms with van der Waals surface area (Å²) in [6, 6.07) is 56.2. The van der Waals surface area contributed by atoms with E-state index < -0.39 is 10.1 Å². The molecule has 4 nitrogen and oxygen atoms in total. The largest absolute Gasteiger partial charge is 0.289 e. The Morgan fingerprint density at radius 3 is 1.56 bits per heavy atom. The molecule has 0 unspecified atom stereocenters. The Hall–Kier alpha value is -5.82. The van der Waals surface area contributed by atoms with Gasteiger partial charge < -0.3 is 0 Å².